The Hall–Kier alpha value is -2.68. The van der Waals surface area contributed by atoms with Crippen molar-refractivity contribution in [1.29, 1.82) is 0 Å². The number of para-hydroxylation sites is 2. The van der Waals surface area contributed by atoms with E-state index >= 15 is 0 Å². The van der Waals surface area contributed by atoms with Crippen molar-refractivity contribution in [3.05, 3.63) is 72.1 Å². The van der Waals surface area contributed by atoms with Gasteiger partial charge in [-0.25, -0.2) is 4.98 Å². The minimum atomic E-state index is -0.221. The van der Waals surface area contributed by atoms with Gasteiger partial charge < -0.3 is 4.57 Å². The van der Waals surface area contributed by atoms with Crippen molar-refractivity contribution < 1.29 is 4.79 Å². The van der Waals surface area contributed by atoms with Gasteiger partial charge in [0.2, 0.25) is 5.78 Å². The molecule has 0 aliphatic carbocycles. The van der Waals surface area contributed by atoms with E-state index in [4.69, 9.17) is 0 Å². The molecule has 0 fully saturated rings. The second kappa shape index (κ2) is 5.84. The maximum Gasteiger partial charge on any atom is 0.221 e. The van der Waals surface area contributed by atoms with Crippen LogP contribution in [0.1, 0.15) is 37.0 Å². The fourth-order valence-corrected chi connectivity index (χ4v) is 2.68. The molecule has 0 radical (unpaired) electrons. The molecule has 1 aromatic heterocycles. The van der Waals surface area contributed by atoms with Crippen LogP contribution >= 0.6 is 0 Å². The molecule has 0 spiro atoms. The number of benzene rings is 2. The molecular weight excluding hydrogens is 284 g/mol. The van der Waals surface area contributed by atoms with Crippen LogP contribution in [0.2, 0.25) is 0 Å². The Balaban J connectivity index is 2.05. The largest absolute Gasteiger partial charge is 0.316 e. The summed E-state index contributed by atoms with van der Waals surface area (Å²) < 4.78 is 2.01. The lowest BCUT2D eigenvalue weighted by Gasteiger charge is -2.23. The number of hydrogen-bond acceptors (Lipinski definition) is 2. The molecule has 0 atom stereocenters. The normalized spacial score (nSPS) is 12.1. The zero-order valence-corrected chi connectivity index (χ0v) is 13.7. The summed E-state index contributed by atoms with van der Waals surface area (Å²) in [5.41, 5.74) is 2.61. The number of fused-ring (bicyclic) bond motifs is 1. The summed E-state index contributed by atoms with van der Waals surface area (Å²) in [6, 6.07) is 17.7. The van der Waals surface area contributed by atoms with Crippen molar-refractivity contribution in [3.63, 3.8) is 0 Å². The van der Waals surface area contributed by atoms with Crippen LogP contribution in [0, 0.1) is 0 Å². The molecule has 0 bridgehead atoms. The molecule has 0 amide bonds. The van der Waals surface area contributed by atoms with Crippen LogP contribution in [0.3, 0.4) is 0 Å². The second-order valence-corrected chi connectivity index (χ2v) is 6.54. The second-order valence-electron chi connectivity index (χ2n) is 6.54. The van der Waals surface area contributed by atoms with Gasteiger partial charge in [0.15, 0.2) is 5.82 Å². The van der Waals surface area contributed by atoms with Crippen molar-refractivity contribution in [3.8, 4) is 0 Å². The number of hydrogen-bond donors (Lipinski definition) is 0. The lowest BCUT2D eigenvalue weighted by Crippen LogP contribution is -2.25. The topological polar surface area (TPSA) is 34.9 Å². The van der Waals surface area contributed by atoms with Gasteiger partial charge in [-0.1, -0.05) is 48.5 Å². The molecule has 3 aromatic rings. The van der Waals surface area contributed by atoms with E-state index in [9.17, 15) is 4.79 Å². The van der Waals surface area contributed by atoms with Crippen LogP contribution in [0.4, 0.5) is 0 Å². The van der Waals surface area contributed by atoms with Crippen molar-refractivity contribution in [2.45, 2.75) is 26.3 Å². The Kier molecular flexibility index (Phi) is 3.87. The number of aromatic nitrogens is 2. The molecule has 1 heterocycles. The van der Waals surface area contributed by atoms with Crippen LogP contribution < -0.4 is 0 Å². The van der Waals surface area contributed by atoms with E-state index in [0.717, 1.165) is 16.6 Å². The standard InChI is InChI=1S/C20H20N2O/c1-20(2,3)22-17-12-8-7-11-16(17)21-19(22)18(23)14-13-15-9-5-4-6-10-15/h4-14H,1-3H3/b14-13+. The van der Waals surface area contributed by atoms with Gasteiger partial charge in [-0.05, 0) is 44.5 Å². The van der Waals surface area contributed by atoms with Gasteiger partial charge in [-0.3, -0.25) is 4.79 Å². The SMILES string of the molecule is CC(C)(C)n1c(C(=O)/C=C/c2ccccc2)nc2ccccc21. The van der Waals surface area contributed by atoms with Crippen LogP contribution in [-0.4, -0.2) is 15.3 Å². The zero-order valence-electron chi connectivity index (χ0n) is 13.7. The number of imidazole rings is 1. The first kappa shape index (κ1) is 15.2. The van der Waals surface area contributed by atoms with E-state index in [2.05, 4.69) is 25.8 Å². The van der Waals surface area contributed by atoms with Crippen molar-refractivity contribution in [2.24, 2.45) is 0 Å². The summed E-state index contributed by atoms with van der Waals surface area (Å²) in [5.74, 6) is 0.394. The number of ketones is 1. The number of allylic oxidation sites excluding steroid dienone is 1. The first-order valence-electron chi connectivity index (χ1n) is 7.72. The number of carbonyl (C=O) groups is 1. The lowest BCUT2D eigenvalue weighted by molar-refractivity contribution is 0.102. The Bertz CT molecular complexity index is 868. The van der Waals surface area contributed by atoms with Gasteiger partial charge in [-0.15, -0.1) is 0 Å². The summed E-state index contributed by atoms with van der Waals surface area (Å²) in [5, 5.41) is 0. The Morgan fingerprint density at radius 3 is 2.35 bits per heavy atom. The van der Waals surface area contributed by atoms with Gasteiger partial charge in [0.25, 0.3) is 0 Å². The molecular formula is C20H20N2O. The summed E-state index contributed by atoms with van der Waals surface area (Å²) >= 11 is 0. The summed E-state index contributed by atoms with van der Waals surface area (Å²) in [7, 11) is 0. The van der Waals surface area contributed by atoms with E-state index in [0.29, 0.717) is 5.82 Å². The Morgan fingerprint density at radius 1 is 1.00 bits per heavy atom. The third kappa shape index (κ3) is 3.09. The van der Waals surface area contributed by atoms with Gasteiger partial charge >= 0.3 is 0 Å². The van der Waals surface area contributed by atoms with Crippen LogP contribution in [0.15, 0.2) is 60.7 Å². The number of nitrogens with zero attached hydrogens (tertiary/aromatic N) is 2. The molecule has 3 nitrogen and oxygen atoms in total. The summed E-state index contributed by atoms with van der Waals surface area (Å²) in [6.45, 7) is 6.25. The minimum Gasteiger partial charge on any atom is -0.316 e. The first-order valence-corrected chi connectivity index (χ1v) is 7.72. The number of rotatable bonds is 3. The van der Waals surface area contributed by atoms with Gasteiger partial charge in [0.1, 0.15) is 0 Å². The number of carbonyl (C=O) groups excluding carboxylic acids is 1. The molecule has 0 aliphatic rings. The summed E-state index contributed by atoms with van der Waals surface area (Å²) in [4.78, 5) is 17.2. The fraction of sp³-hybridized carbons (Fsp3) is 0.200. The molecule has 23 heavy (non-hydrogen) atoms. The van der Waals surface area contributed by atoms with Crippen LogP contribution in [0.5, 0.6) is 0 Å². The lowest BCUT2D eigenvalue weighted by atomic mass is 10.1. The van der Waals surface area contributed by atoms with Crippen LogP contribution in [0.25, 0.3) is 17.1 Å². The third-order valence-electron chi connectivity index (χ3n) is 3.68. The van der Waals surface area contributed by atoms with Gasteiger partial charge in [0.05, 0.1) is 11.0 Å². The van der Waals surface area contributed by atoms with Gasteiger partial charge in [-0.2, -0.15) is 0 Å². The maximum atomic E-state index is 12.7. The highest BCUT2D eigenvalue weighted by Gasteiger charge is 2.24. The first-order chi connectivity index (χ1) is 11.0. The molecule has 116 valence electrons. The maximum absolute atomic E-state index is 12.7. The molecule has 0 saturated heterocycles. The monoisotopic (exact) mass is 304 g/mol. The Morgan fingerprint density at radius 2 is 1.65 bits per heavy atom. The smallest absolute Gasteiger partial charge is 0.221 e. The molecule has 3 heteroatoms. The van der Waals surface area contributed by atoms with E-state index in [1.165, 1.54) is 0 Å². The molecule has 2 aromatic carbocycles. The zero-order chi connectivity index (χ0) is 16.4. The highest BCUT2D eigenvalue weighted by Crippen LogP contribution is 2.25. The fourth-order valence-electron chi connectivity index (χ4n) is 2.68. The predicted octanol–water partition coefficient (Wildman–Crippen LogP) is 4.69. The average Bonchev–Trinajstić information content (AvgIpc) is 2.93. The highest BCUT2D eigenvalue weighted by molar-refractivity contribution is 6.06. The van der Waals surface area contributed by atoms with Crippen molar-refractivity contribution >= 4 is 22.9 Å². The third-order valence-corrected chi connectivity index (χ3v) is 3.68. The highest BCUT2D eigenvalue weighted by atomic mass is 16.1. The van der Waals surface area contributed by atoms with Gasteiger partial charge in [0, 0.05) is 5.54 Å². The van der Waals surface area contributed by atoms with E-state index in [-0.39, 0.29) is 11.3 Å². The van der Waals surface area contributed by atoms with E-state index in [1.54, 1.807) is 6.08 Å². The van der Waals surface area contributed by atoms with E-state index in [1.807, 2.05) is 65.2 Å². The minimum absolute atomic E-state index is 0.0834. The summed E-state index contributed by atoms with van der Waals surface area (Å²) in [6.07, 6.45) is 3.42. The quantitative estimate of drug-likeness (QED) is 0.520. The van der Waals surface area contributed by atoms with Crippen molar-refractivity contribution in [2.75, 3.05) is 0 Å². The Labute approximate surface area is 136 Å². The molecule has 0 N–H and O–H groups in total. The van der Waals surface area contributed by atoms with Crippen LogP contribution in [-0.2, 0) is 5.54 Å². The molecule has 3 rings (SSSR count). The average molecular weight is 304 g/mol. The van der Waals surface area contributed by atoms with E-state index < -0.39 is 0 Å². The molecule has 0 saturated carbocycles. The molecule has 0 aliphatic heterocycles. The molecule has 0 unspecified atom stereocenters. The van der Waals surface area contributed by atoms with Crippen molar-refractivity contribution in [1.82, 2.24) is 9.55 Å². The predicted molar refractivity (Wildman–Crippen MR) is 94.5 cm³/mol.